The Morgan fingerprint density at radius 3 is 2.29 bits per heavy atom. The molecule has 2 fully saturated rings. The van der Waals surface area contributed by atoms with E-state index in [0.29, 0.717) is 13.2 Å². The molecule has 6 heteroatoms. The number of morpholine rings is 1. The van der Waals surface area contributed by atoms with Gasteiger partial charge in [0.25, 0.3) is 0 Å². The summed E-state index contributed by atoms with van der Waals surface area (Å²) in [6.07, 6.45) is 0. The highest BCUT2D eigenvalue weighted by Crippen LogP contribution is 2.38. The Hall–Kier alpha value is -0.395. The van der Waals surface area contributed by atoms with Gasteiger partial charge in [-0.1, -0.05) is 0 Å². The van der Waals surface area contributed by atoms with Gasteiger partial charge in [-0.25, -0.2) is 0 Å². The zero-order chi connectivity index (χ0) is 15.5. The van der Waals surface area contributed by atoms with Gasteiger partial charge >= 0.3 is 7.12 Å². The Morgan fingerprint density at radius 2 is 1.71 bits per heavy atom. The maximum atomic E-state index is 5.94. The predicted molar refractivity (Wildman–Crippen MR) is 83.3 cm³/mol. The summed E-state index contributed by atoms with van der Waals surface area (Å²) in [5.41, 5.74) is 0.193. The Bertz CT molecular complexity index is 351. The van der Waals surface area contributed by atoms with E-state index in [4.69, 9.17) is 18.8 Å². The van der Waals surface area contributed by atoms with Crippen LogP contribution in [0.1, 0.15) is 27.7 Å². The van der Waals surface area contributed by atoms with Crippen LogP contribution >= 0.6 is 0 Å². The van der Waals surface area contributed by atoms with Crippen molar-refractivity contribution in [1.82, 2.24) is 4.90 Å². The molecule has 0 aromatic carbocycles. The highest BCUT2D eigenvalue weighted by molar-refractivity contribution is 6.54. The van der Waals surface area contributed by atoms with E-state index in [1.54, 1.807) is 0 Å². The van der Waals surface area contributed by atoms with E-state index in [-0.39, 0.29) is 18.3 Å². The number of hydrogen-bond donors (Lipinski definition) is 0. The molecule has 0 amide bonds. The van der Waals surface area contributed by atoms with Crippen molar-refractivity contribution in [3.05, 3.63) is 12.1 Å². The maximum Gasteiger partial charge on any atom is 0.492 e. The van der Waals surface area contributed by atoms with Crippen LogP contribution in [-0.4, -0.2) is 69.3 Å². The molecule has 2 saturated heterocycles. The van der Waals surface area contributed by atoms with Gasteiger partial charge in [0.15, 0.2) is 0 Å². The normalized spacial score (nSPS) is 25.2. The molecule has 0 aromatic heterocycles. The molecule has 0 radical (unpaired) electrons. The summed E-state index contributed by atoms with van der Waals surface area (Å²) in [6, 6.07) is 0. The summed E-state index contributed by atoms with van der Waals surface area (Å²) in [5, 5.41) is 0. The molecule has 0 unspecified atom stereocenters. The van der Waals surface area contributed by atoms with Crippen molar-refractivity contribution in [2.24, 2.45) is 0 Å². The number of rotatable bonds is 6. The van der Waals surface area contributed by atoms with Crippen LogP contribution in [0.25, 0.3) is 0 Å². The summed E-state index contributed by atoms with van der Waals surface area (Å²) in [4.78, 5) is 2.35. The largest absolute Gasteiger partial charge is 0.492 e. The topological polar surface area (TPSA) is 40.2 Å². The first-order chi connectivity index (χ1) is 9.82. The minimum atomic E-state index is -0.376. The Balaban J connectivity index is 1.66. The third-order valence-corrected chi connectivity index (χ3v) is 4.53. The molecule has 5 nitrogen and oxygen atoms in total. The van der Waals surface area contributed by atoms with Gasteiger partial charge < -0.3 is 18.8 Å². The molecule has 0 atom stereocenters. The van der Waals surface area contributed by atoms with Crippen molar-refractivity contribution in [2.45, 2.75) is 38.9 Å². The quantitative estimate of drug-likeness (QED) is 0.549. The lowest BCUT2D eigenvalue weighted by atomic mass is 9.80. The SMILES string of the molecule is C=C(COCCN1CCOCC1)B1OC(C)(C)C(C)(C)O1. The Morgan fingerprint density at radius 1 is 1.14 bits per heavy atom. The fourth-order valence-corrected chi connectivity index (χ4v) is 2.30. The fraction of sp³-hybridized carbons (Fsp3) is 0.867. The van der Waals surface area contributed by atoms with Crippen molar-refractivity contribution in [2.75, 3.05) is 46.1 Å². The van der Waals surface area contributed by atoms with E-state index < -0.39 is 0 Å². The summed E-state index contributed by atoms with van der Waals surface area (Å²) in [6.45, 7) is 17.9. The van der Waals surface area contributed by atoms with Gasteiger partial charge in [-0.15, -0.1) is 6.58 Å². The van der Waals surface area contributed by atoms with Crippen molar-refractivity contribution in [1.29, 1.82) is 0 Å². The van der Waals surface area contributed by atoms with Gasteiger partial charge in [0.2, 0.25) is 0 Å². The Labute approximate surface area is 128 Å². The molecule has 2 rings (SSSR count). The molecule has 0 bridgehead atoms. The summed E-state index contributed by atoms with van der Waals surface area (Å²) in [5.74, 6) is 0. The lowest BCUT2D eigenvalue weighted by molar-refractivity contribution is 0.00578. The van der Waals surface area contributed by atoms with Crippen LogP contribution < -0.4 is 0 Å². The smallest absolute Gasteiger partial charge is 0.400 e. The van der Waals surface area contributed by atoms with Crippen LogP contribution in [0.2, 0.25) is 0 Å². The highest BCUT2D eigenvalue weighted by atomic mass is 16.7. The summed E-state index contributed by atoms with van der Waals surface area (Å²) >= 11 is 0. The second kappa shape index (κ2) is 6.79. The molecule has 0 N–H and O–H groups in total. The van der Waals surface area contributed by atoms with Gasteiger partial charge in [-0.2, -0.15) is 0 Å². The Kier molecular flexibility index (Phi) is 5.49. The van der Waals surface area contributed by atoms with Gasteiger partial charge in [0, 0.05) is 19.6 Å². The van der Waals surface area contributed by atoms with Crippen LogP contribution in [0, 0.1) is 0 Å². The first-order valence-corrected chi connectivity index (χ1v) is 7.73. The van der Waals surface area contributed by atoms with E-state index in [0.717, 1.165) is 38.3 Å². The lowest BCUT2D eigenvalue weighted by Gasteiger charge is -2.32. The maximum absolute atomic E-state index is 5.94. The molecule has 0 saturated carbocycles. The molecule has 0 aliphatic carbocycles. The molecule has 21 heavy (non-hydrogen) atoms. The van der Waals surface area contributed by atoms with Crippen LogP contribution in [0.15, 0.2) is 12.1 Å². The third kappa shape index (κ3) is 4.30. The average molecular weight is 297 g/mol. The van der Waals surface area contributed by atoms with E-state index in [1.807, 2.05) is 27.7 Å². The second-order valence-electron chi connectivity index (χ2n) is 6.75. The van der Waals surface area contributed by atoms with Gasteiger partial charge in [0.1, 0.15) is 0 Å². The number of hydrogen-bond acceptors (Lipinski definition) is 5. The molecule has 2 heterocycles. The summed E-state index contributed by atoms with van der Waals surface area (Å²) < 4.78 is 22.9. The zero-order valence-corrected chi connectivity index (χ0v) is 13.8. The van der Waals surface area contributed by atoms with Crippen molar-refractivity contribution in [3.8, 4) is 0 Å². The van der Waals surface area contributed by atoms with Gasteiger partial charge in [-0.3, -0.25) is 4.90 Å². The minimum absolute atomic E-state index is 0.325. The van der Waals surface area contributed by atoms with Crippen molar-refractivity contribution < 1.29 is 18.8 Å². The van der Waals surface area contributed by atoms with E-state index in [2.05, 4.69) is 11.5 Å². The van der Waals surface area contributed by atoms with Crippen LogP contribution in [-0.2, 0) is 18.8 Å². The lowest BCUT2D eigenvalue weighted by Crippen LogP contribution is -2.41. The number of ether oxygens (including phenoxy) is 2. The fourth-order valence-electron chi connectivity index (χ4n) is 2.30. The monoisotopic (exact) mass is 297 g/mol. The first kappa shape index (κ1) is 17.0. The van der Waals surface area contributed by atoms with Crippen molar-refractivity contribution in [3.63, 3.8) is 0 Å². The van der Waals surface area contributed by atoms with E-state index in [9.17, 15) is 0 Å². The van der Waals surface area contributed by atoms with Gasteiger partial charge in [0.05, 0.1) is 37.6 Å². The molecule has 0 spiro atoms. The number of nitrogens with zero attached hydrogens (tertiary/aromatic N) is 1. The minimum Gasteiger partial charge on any atom is -0.400 e. The standard InChI is InChI=1S/C15H28BNO4/c1-13(16-20-14(2,3)15(4,5)21-16)12-19-11-8-17-6-9-18-10-7-17/h1,6-12H2,2-5H3. The van der Waals surface area contributed by atoms with Crippen molar-refractivity contribution >= 4 is 7.12 Å². The molecule has 2 aliphatic rings. The van der Waals surface area contributed by atoms with Gasteiger partial charge in [-0.05, 0) is 33.2 Å². The molecule has 2 aliphatic heterocycles. The molecular weight excluding hydrogens is 269 g/mol. The molecule has 120 valence electrons. The van der Waals surface area contributed by atoms with Crippen LogP contribution in [0.5, 0.6) is 0 Å². The average Bonchev–Trinajstić information content (AvgIpc) is 2.65. The molecular formula is C15H28BNO4. The van der Waals surface area contributed by atoms with E-state index >= 15 is 0 Å². The second-order valence-corrected chi connectivity index (χ2v) is 6.75. The third-order valence-electron chi connectivity index (χ3n) is 4.53. The van der Waals surface area contributed by atoms with Crippen LogP contribution in [0.3, 0.4) is 0 Å². The highest BCUT2D eigenvalue weighted by Gasteiger charge is 2.51. The van der Waals surface area contributed by atoms with E-state index in [1.165, 1.54) is 0 Å². The predicted octanol–water partition coefficient (Wildman–Crippen LogP) is 1.52. The molecule has 0 aromatic rings. The summed E-state index contributed by atoms with van der Waals surface area (Å²) in [7, 11) is -0.376. The zero-order valence-electron chi connectivity index (χ0n) is 13.8. The first-order valence-electron chi connectivity index (χ1n) is 7.73. The van der Waals surface area contributed by atoms with Crippen LogP contribution in [0.4, 0.5) is 0 Å².